The molecular weight excluding hydrogens is 311 g/mol. The SMILES string of the molecule is S=c1[nH]nc(-c2ccc(-c3ccc(Cl)cc3)o2)o1.[H-].[K+]. The fourth-order valence-corrected chi connectivity index (χ4v) is 1.81. The number of aromatic nitrogens is 2. The van der Waals surface area contributed by atoms with E-state index in [1.54, 1.807) is 18.2 Å². The Balaban J connectivity index is 0.000001000. The molecule has 0 atom stereocenters. The molecule has 2 heterocycles. The van der Waals surface area contributed by atoms with Crippen LogP contribution in [-0.2, 0) is 0 Å². The van der Waals surface area contributed by atoms with Gasteiger partial charge in [-0.25, -0.2) is 5.10 Å². The summed E-state index contributed by atoms with van der Waals surface area (Å²) in [6.45, 7) is 0. The van der Waals surface area contributed by atoms with E-state index in [1.165, 1.54) is 0 Å². The van der Waals surface area contributed by atoms with E-state index >= 15 is 0 Å². The van der Waals surface area contributed by atoms with Gasteiger partial charge in [-0.3, -0.25) is 0 Å². The molecule has 0 aliphatic carbocycles. The maximum absolute atomic E-state index is 5.83. The molecule has 0 fully saturated rings. The average molecular weight is 319 g/mol. The van der Waals surface area contributed by atoms with Crippen molar-refractivity contribution in [2.24, 2.45) is 0 Å². The van der Waals surface area contributed by atoms with Crippen LogP contribution in [-0.4, -0.2) is 10.2 Å². The number of rotatable bonds is 2. The number of nitrogens with one attached hydrogen (secondary N) is 1. The van der Waals surface area contributed by atoms with Gasteiger partial charge in [0.25, 0.3) is 10.7 Å². The van der Waals surface area contributed by atoms with Crippen LogP contribution in [0.4, 0.5) is 0 Å². The minimum Gasteiger partial charge on any atom is -1.00 e. The Morgan fingerprint density at radius 3 is 2.37 bits per heavy atom. The monoisotopic (exact) mass is 318 g/mol. The molecular formula is C12H8ClKN2O2S. The van der Waals surface area contributed by atoms with Crippen molar-refractivity contribution in [3.8, 4) is 23.0 Å². The Labute approximate surface area is 163 Å². The van der Waals surface area contributed by atoms with Crippen molar-refractivity contribution in [3.05, 3.63) is 46.3 Å². The van der Waals surface area contributed by atoms with Crippen molar-refractivity contribution < 1.29 is 61.6 Å². The summed E-state index contributed by atoms with van der Waals surface area (Å²) in [7, 11) is 0. The molecule has 92 valence electrons. The zero-order chi connectivity index (χ0) is 12.5. The van der Waals surface area contributed by atoms with Crippen LogP contribution in [0.15, 0.2) is 45.2 Å². The van der Waals surface area contributed by atoms with Gasteiger partial charge < -0.3 is 10.3 Å². The molecule has 2 aromatic heterocycles. The molecule has 7 heteroatoms. The number of benzene rings is 1. The maximum Gasteiger partial charge on any atom is 1.00 e. The minimum absolute atomic E-state index is 0. The topological polar surface area (TPSA) is 55.0 Å². The molecule has 0 radical (unpaired) electrons. The van der Waals surface area contributed by atoms with E-state index in [9.17, 15) is 0 Å². The van der Waals surface area contributed by atoms with Gasteiger partial charge in [-0.2, -0.15) is 0 Å². The van der Waals surface area contributed by atoms with E-state index in [0.717, 1.165) is 5.56 Å². The first-order chi connectivity index (χ1) is 8.72. The third-order valence-corrected chi connectivity index (χ3v) is 2.81. The summed E-state index contributed by atoms with van der Waals surface area (Å²) >= 11 is 10.6. The molecule has 0 aliphatic rings. The van der Waals surface area contributed by atoms with Crippen LogP contribution in [0.1, 0.15) is 1.43 Å². The second kappa shape index (κ2) is 6.49. The predicted octanol–water partition coefficient (Wildman–Crippen LogP) is 1.43. The minimum atomic E-state index is 0. The number of aromatic amines is 1. The largest absolute Gasteiger partial charge is 1.00 e. The molecule has 0 amide bonds. The van der Waals surface area contributed by atoms with Crippen LogP contribution < -0.4 is 51.4 Å². The normalized spacial score (nSPS) is 10.2. The Bertz CT molecular complexity index is 738. The first-order valence-electron chi connectivity index (χ1n) is 5.14. The third kappa shape index (κ3) is 3.46. The standard InChI is InChI=1S/C12H7ClN2O2S.K.H/c13-8-3-1-7(2-4-8)9-5-6-10(16-9)11-14-15-12(18)17-11;;/h1-6H,(H,15,18);;/q;+1;-1. The molecule has 3 aromatic rings. The molecule has 0 aliphatic heterocycles. The summed E-state index contributed by atoms with van der Waals surface area (Å²) in [5.41, 5.74) is 0.930. The Kier molecular flexibility index (Phi) is 5.19. The maximum atomic E-state index is 5.83. The second-order valence-corrected chi connectivity index (χ2v) is 4.40. The zero-order valence-electron chi connectivity index (χ0n) is 11.0. The molecule has 1 N–H and O–H groups in total. The van der Waals surface area contributed by atoms with Gasteiger partial charge in [0.1, 0.15) is 5.76 Å². The summed E-state index contributed by atoms with van der Waals surface area (Å²) in [6.07, 6.45) is 0. The summed E-state index contributed by atoms with van der Waals surface area (Å²) in [5, 5.41) is 7.12. The number of halogens is 1. The molecule has 4 nitrogen and oxygen atoms in total. The smallest absolute Gasteiger partial charge is 1.00 e. The number of furan rings is 1. The molecule has 3 rings (SSSR count). The summed E-state index contributed by atoms with van der Waals surface area (Å²) in [5.74, 6) is 1.57. The molecule has 0 unspecified atom stereocenters. The van der Waals surface area contributed by atoms with Crippen LogP contribution in [0.25, 0.3) is 23.0 Å². The van der Waals surface area contributed by atoms with Gasteiger partial charge in [-0.1, -0.05) is 11.6 Å². The van der Waals surface area contributed by atoms with Crippen molar-refractivity contribution in [2.45, 2.75) is 0 Å². The van der Waals surface area contributed by atoms with Crippen molar-refractivity contribution in [1.82, 2.24) is 10.2 Å². The van der Waals surface area contributed by atoms with Crippen molar-refractivity contribution >= 4 is 23.8 Å². The van der Waals surface area contributed by atoms with E-state index in [1.807, 2.05) is 18.2 Å². The summed E-state index contributed by atoms with van der Waals surface area (Å²) in [4.78, 5) is 0.217. The van der Waals surface area contributed by atoms with E-state index in [-0.39, 0.29) is 57.6 Å². The van der Waals surface area contributed by atoms with E-state index in [2.05, 4.69) is 10.2 Å². The Hall–Kier alpha value is -0.214. The summed E-state index contributed by atoms with van der Waals surface area (Å²) in [6, 6.07) is 11.0. The fraction of sp³-hybridized carbons (Fsp3) is 0. The average Bonchev–Trinajstić information content (AvgIpc) is 2.98. The van der Waals surface area contributed by atoms with Crippen molar-refractivity contribution in [1.29, 1.82) is 0 Å². The van der Waals surface area contributed by atoms with E-state index in [4.69, 9.17) is 32.7 Å². The number of hydrogen-bond acceptors (Lipinski definition) is 4. The van der Waals surface area contributed by atoms with Gasteiger partial charge in [0.15, 0.2) is 5.76 Å². The van der Waals surface area contributed by atoms with Gasteiger partial charge in [0.05, 0.1) is 0 Å². The molecule has 0 saturated carbocycles. The van der Waals surface area contributed by atoms with Gasteiger partial charge in [0.2, 0.25) is 0 Å². The molecule has 1 aromatic carbocycles. The first-order valence-corrected chi connectivity index (χ1v) is 5.93. The van der Waals surface area contributed by atoms with Crippen LogP contribution in [0.3, 0.4) is 0 Å². The van der Waals surface area contributed by atoms with Crippen LogP contribution in [0.5, 0.6) is 0 Å². The van der Waals surface area contributed by atoms with Gasteiger partial charge >= 0.3 is 51.4 Å². The molecule has 0 spiro atoms. The zero-order valence-corrected chi connectivity index (χ0v) is 14.7. The number of nitrogens with zero attached hydrogens (tertiary/aromatic N) is 1. The van der Waals surface area contributed by atoms with Crippen LogP contribution in [0.2, 0.25) is 5.02 Å². The van der Waals surface area contributed by atoms with Gasteiger partial charge in [-0.05, 0) is 48.6 Å². The Morgan fingerprint density at radius 1 is 1.05 bits per heavy atom. The van der Waals surface area contributed by atoms with Crippen LogP contribution in [0, 0.1) is 4.84 Å². The molecule has 19 heavy (non-hydrogen) atoms. The predicted molar refractivity (Wildman–Crippen MR) is 70.9 cm³/mol. The van der Waals surface area contributed by atoms with E-state index < -0.39 is 0 Å². The van der Waals surface area contributed by atoms with E-state index in [0.29, 0.717) is 22.4 Å². The van der Waals surface area contributed by atoms with Crippen molar-refractivity contribution in [3.63, 3.8) is 0 Å². The number of H-pyrrole nitrogens is 1. The third-order valence-electron chi connectivity index (χ3n) is 2.38. The molecule has 0 bridgehead atoms. The second-order valence-electron chi connectivity index (χ2n) is 3.59. The van der Waals surface area contributed by atoms with Crippen LogP contribution >= 0.6 is 23.8 Å². The quantitative estimate of drug-likeness (QED) is 0.574. The first kappa shape index (κ1) is 15.2. The van der Waals surface area contributed by atoms with Gasteiger partial charge in [-0.15, -0.1) is 5.10 Å². The Morgan fingerprint density at radius 2 is 1.74 bits per heavy atom. The summed E-state index contributed by atoms with van der Waals surface area (Å²) < 4.78 is 10.8. The fourth-order valence-electron chi connectivity index (χ4n) is 1.56. The number of hydrogen-bond donors (Lipinski definition) is 1. The van der Waals surface area contributed by atoms with Gasteiger partial charge in [0, 0.05) is 10.6 Å². The molecule has 0 saturated heterocycles. The van der Waals surface area contributed by atoms with Crippen molar-refractivity contribution in [2.75, 3.05) is 0 Å².